The molecule has 0 aliphatic carbocycles. The Morgan fingerprint density at radius 1 is 1.00 bits per heavy atom. The van der Waals surface area contributed by atoms with Gasteiger partial charge in [-0.3, -0.25) is 14.8 Å². The maximum atomic E-state index is 12.0. The van der Waals surface area contributed by atoms with Gasteiger partial charge in [0.15, 0.2) is 0 Å². The van der Waals surface area contributed by atoms with Crippen LogP contribution in [0.4, 0.5) is 0 Å². The number of aromatic nitrogens is 2. The first-order valence-corrected chi connectivity index (χ1v) is 9.20. The van der Waals surface area contributed by atoms with Crippen LogP contribution in [0.2, 0.25) is 0 Å². The number of benzene rings is 1. The highest BCUT2D eigenvalue weighted by Crippen LogP contribution is 2.16. The number of thioether (sulfide) groups is 1. The van der Waals surface area contributed by atoms with Crippen LogP contribution in [0.3, 0.4) is 0 Å². The van der Waals surface area contributed by atoms with E-state index in [1.165, 1.54) is 5.56 Å². The monoisotopic (exact) mass is 349 g/mol. The maximum Gasteiger partial charge on any atom is 0.230 e. The first-order chi connectivity index (χ1) is 12.3. The summed E-state index contributed by atoms with van der Waals surface area (Å²) in [6, 6.07) is 17.9. The molecule has 2 aromatic heterocycles. The lowest BCUT2D eigenvalue weighted by molar-refractivity contribution is -0.118. The van der Waals surface area contributed by atoms with Crippen molar-refractivity contribution in [3.05, 3.63) is 84.3 Å². The largest absolute Gasteiger partial charge is 0.351 e. The van der Waals surface area contributed by atoms with Gasteiger partial charge in [-0.1, -0.05) is 30.3 Å². The van der Waals surface area contributed by atoms with Crippen LogP contribution in [0, 0.1) is 0 Å². The van der Waals surface area contributed by atoms with Crippen molar-refractivity contribution in [2.45, 2.75) is 12.3 Å². The highest BCUT2D eigenvalue weighted by molar-refractivity contribution is 7.99. The third kappa shape index (κ3) is 5.43. The van der Waals surface area contributed by atoms with Crippen LogP contribution < -0.4 is 5.32 Å². The average molecular weight is 349 g/mol. The molecule has 0 aliphatic rings. The lowest BCUT2D eigenvalue weighted by Gasteiger charge is -2.07. The molecule has 0 radical (unpaired) electrons. The predicted molar refractivity (Wildman–Crippen MR) is 102 cm³/mol. The SMILES string of the molecule is O=C(CSCc1ccccc1)NCc1ccnc(-c2cccnc2)c1. The molecule has 5 heteroatoms. The second kappa shape index (κ2) is 8.99. The fourth-order valence-electron chi connectivity index (χ4n) is 2.34. The van der Waals surface area contributed by atoms with Gasteiger partial charge >= 0.3 is 0 Å². The summed E-state index contributed by atoms with van der Waals surface area (Å²) in [6.07, 6.45) is 5.28. The van der Waals surface area contributed by atoms with E-state index in [0.717, 1.165) is 22.6 Å². The van der Waals surface area contributed by atoms with E-state index in [-0.39, 0.29) is 5.91 Å². The summed E-state index contributed by atoms with van der Waals surface area (Å²) < 4.78 is 0. The highest BCUT2D eigenvalue weighted by atomic mass is 32.2. The first-order valence-electron chi connectivity index (χ1n) is 8.05. The van der Waals surface area contributed by atoms with E-state index < -0.39 is 0 Å². The average Bonchev–Trinajstić information content (AvgIpc) is 2.68. The van der Waals surface area contributed by atoms with Gasteiger partial charge in [0, 0.05) is 36.5 Å². The molecule has 3 aromatic rings. The second-order valence-corrected chi connectivity index (χ2v) is 6.53. The van der Waals surface area contributed by atoms with Crippen molar-refractivity contribution >= 4 is 17.7 Å². The molecule has 0 saturated carbocycles. The van der Waals surface area contributed by atoms with E-state index in [9.17, 15) is 4.79 Å². The molecule has 126 valence electrons. The standard InChI is InChI=1S/C20H19N3OS/c24-20(15-25-14-16-5-2-1-3-6-16)23-12-17-8-10-22-19(11-17)18-7-4-9-21-13-18/h1-11,13H,12,14-15H2,(H,23,24). The Morgan fingerprint density at radius 3 is 2.68 bits per heavy atom. The molecule has 4 nitrogen and oxygen atoms in total. The molecule has 1 amide bonds. The van der Waals surface area contributed by atoms with Gasteiger partial charge in [-0.25, -0.2) is 0 Å². The van der Waals surface area contributed by atoms with E-state index in [4.69, 9.17) is 0 Å². The summed E-state index contributed by atoms with van der Waals surface area (Å²) >= 11 is 1.62. The van der Waals surface area contributed by atoms with Crippen LogP contribution in [-0.4, -0.2) is 21.6 Å². The zero-order valence-electron chi connectivity index (χ0n) is 13.8. The summed E-state index contributed by atoms with van der Waals surface area (Å²) in [7, 11) is 0. The number of carbonyl (C=O) groups is 1. The van der Waals surface area contributed by atoms with Gasteiger partial charge in [-0.2, -0.15) is 0 Å². The Labute approximate surface area is 151 Å². The van der Waals surface area contributed by atoms with Crippen LogP contribution >= 0.6 is 11.8 Å². The Bertz CT molecular complexity index is 809. The van der Waals surface area contributed by atoms with Crippen molar-refractivity contribution in [2.24, 2.45) is 0 Å². The summed E-state index contributed by atoms with van der Waals surface area (Å²) in [5, 5.41) is 2.96. The molecule has 25 heavy (non-hydrogen) atoms. The molecule has 0 atom stereocenters. The van der Waals surface area contributed by atoms with Crippen LogP contribution in [-0.2, 0) is 17.1 Å². The predicted octanol–water partition coefficient (Wildman–Crippen LogP) is 3.69. The summed E-state index contributed by atoms with van der Waals surface area (Å²) in [6.45, 7) is 0.501. The van der Waals surface area contributed by atoms with Crippen LogP contribution in [0.15, 0.2) is 73.2 Å². The Kier molecular flexibility index (Phi) is 6.17. The molecule has 0 fully saturated rings. The summed E-state index contributed by atoms with van der Waals surface area (Å²) in [5.41, 5.74) is 4.08. The number of hydrogen-bond acceptors (Lipinski definition) is 4. The van der Waals surface area contributed by atoms with Gasteiger partial charge in [0.25, 0.3) is 0 Å². The van der Waals surface area contributed by atoms with Crippen molar-refractivity contribution in [2.75, 3.05) is 5.75 Å². The van der Waals surface area contributed by atoms with E-state index in [1.54, 1.807) is 30.4 Å². The molecule has 0 spiro atoms. The molecule has 2 heterocycles. The van der Waals surface area contributed by atoms with E-state index >= 15 is 0 Å². The zero-order valence-corrected chi connectivity index (χ0v) is 14.6. The van der Waals surface area contributed by atoms with E-state index in [0.29, 0.717) is 12.3 Å². The molecule has 1 N–H and O–H groups in total. The number of nitrogens with zero attached hydrogens (tertiary/aromatic N) is 2. The molecule has 0 unspecified atom stereocenters. The molecule has 3 rings (SSSR count). The zero-order chi connectivity index (χ0) is 17.3. The fourth-order valence-corrected chi connectivity index (χ4v) is 3.16. The molecule has 0 bridgehead atoms. The Morgan fingerprint density at radius 2 is 1.88 bits per heavy atom. The van der Waals surface area contributed by atoms with Crippen molar-refractivity contribution in [3.8, 4) is 11.3 Å². The topological polar surface area (TPSA) is 54.9 Å². The maximum absolute atomic E-state index is 12.0. The quantitative estimate of drug-likeness (QED) is 0.707. The second-order valence-electron chi connectivity index (χ2n) is 5.55. The lowest BCUT2D eigenvalue weighted by Crippen LogP contribution is -2.24. The third-order valence-corrected chi connectivity index (χ3v) is 4.62. The number of hydrogen-bond donors (Lipinski definition) is 1. The number of pyridine rings is 2. The van der Waals surface area contributed by atoms with E-state index in [1.807, 2.05) is 42.5 Å². The van der Waals surface area contributed by atoms with Crippen LogP contribution in [0.1, 0.15) is 11.1 Å². The molecular formula is C20H19N3OS. The van der Waals surface area contributed by atoms with Gasteiger partial charge < -0.3 is 5.32 Å². The van der Waals surface area contributed by atoms with Gasteiger partial charge in [0.1, 0.15) is 0 Å². The summed E-state index contributed by atoms with van der Waals surface area (Å²) in [5.74, 6) is 1.34. The Balaban J connectivity index is 1.47. The van der Waals surface area contributed by atoms with Crippen LogP contribution in [0.5, 0.6) is 0 Å². The van der Waals surface area contributed by atoms with E-state index in [2.05, 4.69) is 27.4 Å². The van der Waals surface area contributed by atoms with Crippen LogP contribution in [0.25, 0.3) is 11.3 Å². The summed E-state index contributed by atoms with van der Waals surface area (Å²) in [4.78, 5) is 20.5. The van der Waals surface area contributed by atoms with Gasteiger partial charge in [-0.05, 0) is 35.4 Å². The van der Waals surface area contributed by atoms with Gasteiger partial charge in [0.2, 0.25) is 5.91 Å². The minimum absolute atomic E-state index is 0.0423. The first kappa shape index (κ1) is 17.2. The number of carbonyl (C=O) groups excluding carboxylic acids is 1. The number of amides is 1. The van der Waals surface area contributed by atoms with Crippen molar-refractivity contribution in [1.82, 2.24) is 15.3 Å². The molecular weight excluding hydrogens is 330 g/mol. The smallest absolute Gasteiger partial charge is 0.230 e. The van der Waals surface area contributed by atoms with Crippen molar-refractivity contribution in [1.29, 1.82) is 0 Å². The minimum Gasteiger partial charge on any atom is -0.351 e. The lowest BCUT2D eigenvalue weighted by atomic mass is 10.1. The Hall–Kier alpha value is -2.66. The molecule has 1 aromatic carbocycles. The number of rotatable bonds is 7. The van der Waals surface area contributed by atoms with Crippen molar-refractivity contribution in [3.63, 3.8) is 0 Å². The number of nitrogens with one attached hydrogen (secondary N) is 1. The molecule has 0 aliphatic heterocycles. The van der Waals surface area contributed by atoms with Gasteiger partial charge in [-0.15, -0.1) is 11.8 Å². The third-order valence-electron chi connectivity index (χ3n) is 3.62. The van der Waals surface area contributed by atoms with Crippen molar-refractivity contribution < 1.29 is 4.79 Å². The minimum atomic E-state index is 0.0423. The normalized spacial score (nSPS) is 10.4. The fraction of sp³-hybridized carbons (Fsp3) is 0.150. The van der Waals surface area contributed by atoms with Gasteiger partial charge in [0.05, 0.1) is 11.4 Å². The molecule has 0 saturated heterocycles. The highest BCUT2D eigenvalue weighted by Gasteiger charge is 2.04.